The van der Waals surface area contributed by atoms with E-state index in [4.69, 9.17) is 5.73 Å². The van der Waals surface area contributed by atoms with E-state index >= 15 is 0 Å². The number of nitrogens with two attached hydrogens (primary N) is 1. The van der Waals surface area contributed by atoms with Gasteiger partial charge in [0.05, 0.1) is 0 Å². The maximum Gasteiger partial charge on any atom is 0.150 e. The molecule has 1 heterocycles. The molecule has 0 saturated carbocycles. The minimum Gasteiger partial charge on any atom is -0.381 e. The van der Waals surface area contributed by atoms with Crippen molar-refractivity contribution in [1.82, 2.24) is 14.8 Å². The molecule has 5 nitrogen and oxygen atoms in total. The van der Waals surface area contributed by atoms with Crippen LogP contribution in [0.1, 0.15) is 6.92 Å². The standard InChI is InChI=1S/C11H14FN5/c1-8(5-13)16-9-2-3-11(10(12)4-9)17-7-14-6-15-17/h2-4,6-8,16H,5,13H2,1H3. The zero-order valence-corrected chi connectivity index (χ0v) is 9.47. The summed E-state index contributed by atoms with van der Waals surface area (Å²) in [6.07, 6.45) is 2.82. The van der Waals surface area contributed by atoms with Crippen molar-refractivity contribution in [2.24, 2.45) is 5.73 Å². The molecule has 6 heteroatoms. The maximum atomic E-state index is 13.8. The van der Waals surface area contributed by atoms with Crippen LogP contribution >= 0.6 is 0 Å². The van der Waals surface area contributed by atoms with Gasteiger partial charge in [-0.05, 0) is 25.1 Å². The van der Waals surface area contributed by atoms with Crippen molar-refractivity contribution < 1.29 is 4.39 Å². The third kappa shape index (κ3) is 2.59. The van der Waals surface area contributed by atoms with Gasteiger partial charge in [-0.1, -0.05) is 0 Å². The monoisotopic (exact) mass is 235 g/mol. The first-order valence-electron chi connectivity index (χ1n) is 5.32. The Morgan fingerprint density at radius 3 is 2.94 bits per heavy atom. The van der Waals surface area contributed by atoms with Crippen LogP contribution < -0.4 is 11.1 Å². The van der Waals surface area contributed by atoms with Gasteiger partial charge in [-0.15, -0.1) is 0 Å². The van der Waals surface area contributed by atoms with E-state index < -0.39 is 0 Å². The van der Waals surface area contributed by atoms with Gasteiger partial charge in [-0.2, -0.15) is 5.10 Å². The number of aromatic nitrogens is 3. The molecule has 0 amide bonds. The predicted molar refractivity (Wildman–Crippen MR) is 63.5 cm³/mol. The van der Waals surface area contributed by atoms with Gasteiger partial charge in [-0.3, -0.25) is 0 Å². The zero-order valence-electron chi connectivity index (χ0n) is 9.47. The lowest BCUT2D eigenvalue weighted by Gasteiger charge is -2.13. The first-order valence-corrected chi connectivity index (χ1v) is 5.32. The highest BCUT2D eigenvalue weighted by Gasteiger charge is 2.07. The Bertz CT molecular complexity index is 483. The van der Waals surface area contributed by atoms with E-state index in [-0.39, 0.29) is 11.9 Å². The summed E-state index contributed by atoms with van der Waals surface area (Å²) in [5, 5.41) is 6.97. The second kappa shape index (κ2) is 4.92. The molecule has 0 bridgehead atoms. The number of halogens is 1. The lowest BCUT2D eigenvalue weighted by molar-refractivity contribution is 0.610. The molecule has 0 fully saturated rings. The second-order valence-electron chi connectivity index (χ2n) is 3.79. The van der Waals surface area contributed by atoms with Gasteiger partial charge in [0, 0.05) is 18.3 Å². The van der Waals surface area contributed by atoms with Gasteiger partial charge < -0.3 is 11.1 Å². The Morgan fingerprint density at radius 2 is 2.35 bits per heavy atom. The number of nitrogens with one attached hydrogen (secondary N) is 1. The molecule has 1 aromatic heterocycles. The Labute approximate surface area is 98.5 Å². The highest BCUT2D eigenvalue weighted by molar-refractivity contribution is 5.49. The van der Waals surface area contributed by atoms with E-state index in [0.29, 0.717) is 17.9 Å². The average molecular weight is 235 g/mol. The summed E-state index contributed by atoms with van der Waals surface area (Å²) in [7, 11) is 0. The summed E-state index contributed by atoms with van der Waals surface area (Å²) < 4.78 is 15.2. The van der Waals surface area contributed by atoms with Crippen molar-refractivity contribution in [2.45, 2.75) is 13.0 Å². The third-order valence-electron chi connectivity index (χ3n) is 2.38. The number of benzene rings is 1. The van der Waals surface area contributed by atoms with Crippen LogP contribution in [0, 0.1) is 5.82 Å². The summed E-state index contributed by atoms with van der Waals surface area (Å²) in [5.41, 5.74) is 6.55. The molecule has 0 aliphatic rings. The fraction of sp³-hybridized carbons (Fsp3) is 0.273. The van der Waals surface area contributed by atoms with Gasteiger partial charge in [-0.25, -0.2) is 14.1 Å². The molecular formula is C11H14FN5. The summed E-state index contributed by atoms with van der Waals surface area (Å²) in [6, 6.07) is 4.96. The van der Waals surface area contributed by atoms with Crippen molar-refractivity contribution in [3.05, 3.63) is 36.7 Å². The Kier molecular flexibility index (Phi) is 3.34. The quantitative estimate of drug-likeness (QED) is 0.834. The normalized spacial score (nSPS) is 12.4. The Hall–Kier alpha value is -1.95. The van der Waals surface area contributed by atoms with E-state index in [2.05, 4.69) is 15.4 Å². The lowest BCUT2D eigenvalue weighted by atomic mass is 10.2. The van der Waals surface area contributed by atoms with Crippen LogP contribution in [-0.2, 0) is 0 Å². The molecule has 0 aliphatic heterocycles. The minimum atomic E-state index is -0.357. The molecule has 3 N–H and O–H groups in total. The number of hydrogen-bond donors (Lipinski definition) is 2. The summed E-state index contributed by atoms with van der Waals surface area (Å²) in [4.78, 5) is 3.78. The van der Waals surface area contributed by atoms with Crippen molar-refractivity contribution in [3.8, 4) is 5.69 Å². The predicted octanol–water partition coefficient (Wildman–Crippen LogP) is 1.17. The average Bonchev–Trinajstić information content (AvgIpc) is 2.82. The SMILES string of the molecule is CC(CN)Nc1ccc(-n2cncn2)c(F)c1. The van der Waals surface area contributed by atoms with Crippen LogP contribution in [0.15, 0.2) is 30.9 Å². The van der Waals surface area contributed by atoms with E-state index in [1.54, 1.807) is 12.1 Å². The molecule has 2 rings (SSSR count). The van der Waals surface area contributed by atoms with E-state index in [1.165, 1.54) is 23.4 Å². The smallest absolute Gasteiger partial charge is 0.150 e. The largest absolute Gasteiger partial charge is 0.381 e. The fourth-order valence-corrected chi connectivity index (χ4v) is 1.46. The van der Waals surface area contributed by atoms with Gasteiger partial charge in [0.1, 0.15) is 18.3 Å². The molecule has 0 saturated heterocycles. The molecule has 1 aromatic carbocycles. The maximum absolute atomic E-state index is 13.8. The number of hydrogen-bond acceptors (Lipinski definition) is 4. The fourth-order valence-electron chi connectivity index (χ4n) is 1.46. The van der Waals surface area contributed by atoms with Crippen LogP contribution in [-0.4, -0.2) is 27.4 Å². The molecule has 1 unspecified atom stereocenters. The van der Waals surface area contributed by atoms with E-state index in [9.17, 15) is 4.39 Å². The van der Waals surface area contributed by atoms with Crippen LogP contribution in [0.25, 0.3) is 5.69 Å². The summed E-state index contributed by atoms with van der Waals surface area (Å²) in [5.74, 6) is -0.357. The van der Waals surface area contributed by atoms with Gasteiger partial charge in [0.25, 0.3) is 0 Å². The first kappa shape index (κ1) is 11.5. The first-order chi connectivity index (χ1) is 8.20. The van der Waals surface area contributed by atoms with Crippen molar-refractivity contribution >= 4 is 5.69 Å². The van der Waals surface area contributed by atoms with Gasteiger partial charge >= 0.3 is 0 Å². The van der Waals surface area contributed by atoms with Gasteiger partial charge in [0.2, 0.25) is 0 Å². The number of anilines is 1. The lowest BCUT2D eigenvalue weighted by Crippen LogP contribution is -2.25. The van der Waals surface area contributed by atoms with Crippen LogP contribution in [0.5, 0.6) is 0 Å². The van der Waals surface area contributed by atoms with Gasteiger partial charge in [0.15, 0.2) is 5.82 Å². The molecule has 1 atom stereocenters. The molecule has 0 radical (unpaired) electrons. The summed E-state index contributed by atoms with van der Waals surface area (Å²) >= 11 is 0. The summed E-state index contributed by atoms with van der Waals surface area (Å²) in [6.45, 7) is 2.43. The third-order valence-corrected chi connectivity index (χ3v) is 2.38. The van der Waals surface area contributed by atoms with Crippen LogP contribution in [0.3, 0.4) is 0 Å². The highest BCUT2D eigenvalue weighted by atomic mass is 19.1. The van der Waals surface area contributed by atoms with E-state index in [0.717, 1.165) is 0 Å². The van der Waals surface area contributed by atoms with Crippen LogP contribution in [0.4, 0.5) is 10.1 Å². The topological polar surface area (TPSA) is 68.8 Å². The zero-order chi connectivity index (χ0) is 12.3. The number of nitrogens with zero attached hydrogens (tertiary/aromatic N) is 3. The van der Waals surface area contributed by atoms with Crippen molar-refractivity contribution in [3.63, 3.8) is 0 Å². The number of rotatable bonds is 4. The molecule has 17 heavy (non-hydrogen) atoms. The highest BCUT2D eigenvalue weighted by Crippen LogP contribution is 2.17. The Morgan fingerprint density at radius 1 is 1.53 bits per heavy atom. The molecular weight excluding hydrogens is 221 g/mol. The van der Waals surface area contributed by atoms with Crippen molar-refractivity contribution in [2.75, 3.05) is 11.9 Å². The van der Waals surface area contributed by atoms with Crippen molar-refractivity contribution in [1.29, 1.82) is 0 Å². The molecule has 0 spiro atoms. The molecule has 2 aromatic rings. The van der Waals surface area contributed by atoms with Crippen LogP contribution in [0.2, 0.25) is 0 Å². The van der Waals surface area contributed by atoms with E-state index in [1.807, 2.05) is 6.92 Å². The second-order valence-corrected chi connectivity index (χ2v) is 3.79. The Balaban J connectivity index is 2.23. The molecule has 90 valence electrons. The molecule has 0 aliphatic carbocycles. The minimum absolute atomic E-state index is 0.103.